The van der Waals surface area contributed by atoms with E-state index < -0.39 is 85.5 Å². The Labute approximate surface area is 374 Å². The van der Waals surface area contributed by atoms with Crippen molar-refractivity contribution in [1.29, 1.82) is 0 Å². The van der Waals surface area contributed by atoms with Crippen LogP contribution in [-0.4, -0.2) is 95.0 Å². The van der Waals surface area contributed by atoms with Crippen molar-refractivity contribution in [2.45, 2.75) is 225 Å². The minimum atomic E-state index is -4.78. The van der Waals surface area contributed by atoms with E-state index in [1.54, 1.807) is 0 Å². The summed E-state index contributed by atoms with van der Waals surface area (Å²) in [5.41, 5.74) is 0. The number of esters is 2. The molecule has 15 nitrogen and oxygen atoms in total. The van der Waals surface area contributed by atoms with E-state index in [9.17, 15) is 43.8 Å². The molecule has 5 unspecified atom stereocenters. The first kappa shape index (κ1) is 60.8. The number of hydrogen-bond acceptors (Lipinski definition) is 13. The van der Waals surface area contributed by atoms with Crippen molar-refractivity contribution < 1.29 is 71.4 Å². The molecule has 0 bridgehead atoms. The van der Waals surface area contributed by atoms with Crippen molar-refractivity contribution in [3.8, 4) is 0 Å². The van der Waals surface area contributed by atoms with Crippen LogP contribution >= 0.6 is 15.6 Å². The number of rotatable bonds is 47. The Bertz CT molecular complexity index is 1170. The maximum absolute atomic E-state index is 12.1. The summed E-state index contributed by atoms with van der Waals surface area (Å²) >= 11 is 0. The molecule has 5 N–H and O–H groups in total. The van der Waals surface area contributed by atoms with Gasteiger partial charge in [0.15, 0.2) is 0 Å². The summed E-state index contributed by atoms with van der Waals surface area (Å²) in [5, 5.41) is 30.0. The van der Waals surface area contributed by atoms with E-state index in [-0.39, 0.29) is 12.8 Å². The molecule has 368 valence electrons. The van der Waals surface area contributed by atoms with E-state index >= 15 is 0 Å². The van der Waals surface area contributed by atoms with Gasteiger partial charge < -0.3 is 34.6 Å². The van der Waals surface area contributed by atoms with Crippen molar-refractivity contribution in [3.05, 3.63) is 12.2 Å². The van der Waals surface area contributed by atoms with E-state index in [0.717, 1.165) is 44.9 Å². The average molecular weight is 931 g/mol. The zero-order valence-corrected chi connectivity index (χ0v) is 40.3. The highest BCUT2D eigenvalue weighted by Crippen LogP contribution is 2.45. The fourth-order valence-electron chi connectivity index (χ4n) is 6.44. The predicted molar refractivity (Wildman–Crippen MR) is 242 cm³/mol. The van der Waals surface area contributed by atoms with Crippen LogP contribution in [0.3, 0.4) is 0 Å². The first-order valence-electron chi connectivity index (χ1n) is 24.0. The van der Waals surface area contributed by atoms with Gasteiger partial charge >= 0.3 is 27.6 Å². The molecular weight excluding hydrogens is 842 g/mol. The monoisotopic (exact) mass is 931 g/mol. The topological polar surface area (TPSA) is 225 Å². The van der Waals surface area contributed by atoms with Crippen molar-refractivity contribution >= 4 is 27.6 Å². The number of phosphoric ester groups is 2. The molecule has 0 saturated heterocycles. The molecule has 0 rings (SSSR count). The molecule has 0 aromatic heterocycles. The molecule has 0 amide bonds. The Balaban J connectivity index is 3.87. The summed E-state index contributed by atoms with van der Waals surface area (Å²) < 4.78 is 53.0. The Morgan fingerprint density at radius 1 is 0.403 bits per heavy atom. The second kappa shape index (κ2) is 42.4. The molecule has 0 saturated carbocycles. The molecule has 0 aliphatic carbocycles. The Morgan fingerprint density at radius 2 is 0.645 bits per heavy atom. The van der Waals surface area contributed by atoms with Gasteiger partial charge in [-0.25, -0.2) is 9.13 Å². The average Bonchev–Trinajstić information content (AvgIpc) is 3.24. The third-order valence-corrected chi connectivity index (χ3v) is 12.1. The summed E-state index contributed by atoms with van der Waals surface area (Å²) in [7, 11) is -9.56. The third kappa shape index (κ3) is 44.0. The minimum absolute atomic E-state index is 0.194. The molecule has 0 aliphatic rings. The molecule has 0 radical (unpaired) electrons. The summed E-state index contributed by atoms with van der Waals surface area (Å²) in [6, 6.07) is 0. The molecular formula is C45H88O15P2. The van der Waals surface area contributed by atoms with Crippen LogP contribution < -0.4 is 0 Å². The highest BCUT2D eigenvalue weighted by molar-refractivity contribution is 7.47. The van der Waals surface area contributed by atoms with E-state index in [4.69, 9.17) is 9.47 Å². The number of ether oxygens (including phenoxy) is 2. The van der Waals surface area contributed by atoms with Crippen molar-refractivity contribution in [3.63, 3.8) is 0 Å². The largest absolute Gasteiger partial charge is 0.472 e. The number of aliphatic hydroxyl groups excluding tert-OH is 3. The van der Waals surface area contributed by atoms with Crippen LogP contribution in [0.4, 0.5) is 0 Å². The summed E-state index contributed by atoms with van der Waals surface area (Å²) in [6.45, 7) is 0.436. The molecule has 0 heterocycles. The van der Waals surface area contributed by atoms with Crippen molar-refractivity contribution in [1.82, 2.24) is 0 Å². The van der Waals surface area contributed by atoms with Crippen LogP contribution in [-0.2, 0) is 46.3 Å². The third-order valence-electron chi connectivity index (χ3n) is 10.2. The zero-order chi connectivity index (χ0) is 46.0. The smallest absolute Gasteiger partial charge is 0.463 e. The Hall–Kier alpha value is -1.22. The van der Waals surface area contributed by atoms with Crippen LogP contribution in [0.25, 0.3) is 0 Å². The number of aliphatic hydroxyl groups is 3. The van der Waals surface area contributed by atoms with Crippen LogP contribution in [0.5, 0.6) is 0 Å². The van der Waals surface area contributed by atoms with Gasteiger partial charge in [-0.2, -0.15) is 0 Å². The van der Waals surface area contributed by atoms with Gasteiger partial charge in [0.25, 0.3) is 0 Å². The van der Waals surface area contributed by atoms with E-state index in [1.807, 2.05) is 0 Å². The van der Waals surface area contributed by atoms with Gasteiger partial charge in [0, 0.05) is 12.8 Å². The molecule has 5 atom stereocenters. The van der Waals surface area contributed by atoms with Crippen LogP contribution in [0.2, 0.25) is 0 Å². The van der Waals surface area contributed by atoms with Crippen LogP contribution in [0, 0.1) is 0 Å². The number of carbonyl (C=O) groups excluding carboxylic acids is 2. The van der Waals surface area contributed by atoms with Gasteiger partial charge in [0.2, 0.25) is 0 Å². The number of hydrogen-bond donors (Lipinski definition) is 5. The predicted octanol–water partition coefficient (Wildman–Crippen LogP) is 10.7. The lowest BCUT2D eigenvalue weighted by atomic mass is 10.0. The van der Waals surface area contributed by atoms with Crippen molar-refractivity contribution in [2.24, 2.45) is 0 Å². The van der Waals surface area contributed by atoms with Crippen LogP contribution in [0.1, 0.15) is 206 Å². The van der Waals surface area contributed by atoms with E-state index in [1.165, 1.54) is 122 Å². The number of allylic oxidation sites excluding steroid dienone is 2. The normalized spacial score (nSPS) is 15.3. The van der Waals surface area contributed by atoms with Gasteiger partial charge in [0.05, 0.1) is 26.4 Å². The first-order chi connectivity index (χ1) is 29.8. The quantitative estimate of drug-likeness (QED) is 0.0166. The number of carbonyl (C=O) groups is 2. The number of unbranched alkanes of at least 4 members (excludes halogenated alkanes) is 25. The number of phosphoric acid groups is 2. The van der Waals surface area contributed by atoms with Gasteiger partial charge in [-0.1, -0.05) is 167 Å². The highest BCUT2D eigenvalue weighted by Gasteiger charge is 2.28. The fourth-order valence-corrected chi connectivity index (χ4v) is 8.03. The second-order valence-corrected chi connectivity index (χ2v) is 19.4. The molecule has 0 aliphatic heterocycles. The Kier molecular flexibility index (Phi) is 41.6. The zero-order valence-electron chi connectivity index (χ0n) is 38.6. The molecule has 0 fully saturated rings. The van der Waals surface area contributed by atoms with E-state index in [0.29, 0.717) is 12.8 Å². The molecule has 0 spiro atoms. The van der Waals surface area contributed by atoms with E-state index in [2.05, 4.69) is 44.1 Å². The van der Waals surface area contributed by atoms with Crippen LogP contribution in [0.15, 0.2) is 12.2 Å². The van der Waals surface area contributed by atoms with Gasteiger partial charge in [-0.3, -0.25) is 27.7 Å². The minimum Gasteiger partial charge on any atom is -0.463 e. The highest BCUT2D eigenvalue weighted by atomic mass is 31.2. The molecule has 17 heteroatoms. The molecule has 62 heavy (non-hydrogen) atoms. The second-order valence-electron chi connectivity index (χ2n) is 16.5. The lowest BCUT2D eigenvalue weighted by Gasteiger charge is -2.19. The van der Waals surface area contributed by atoms with Gasteiger partial charge in [0.1, 0.15) is 31.5 Å². The first-order valence-corrected chi connectivity index (χ1v) is 27.0. The summed E-state index contributed by atoms with van der Waals surface area (Å²) in [4.78, 5) is 43.7. The molecule has 0 aromatic rings. The SMILES string of the molecule is CCCCCCCC/C=C/CCCCCCCCCC(=O)OCC(O)COP(=O)(O)OCC(O)COP(=O)(O)OCC(O)COC(=O)CCCCCCCCCCCCCCC. The molecule has 0 aromatic carbocycles. The summed E-state index contributed by atoms with van der Waals surface area (Å²) in [6.07, 6.45) is 33.4. The lowest BCUT2D eigenvalue weighted by Crippen LogP contribution is -2.25. The van der Waals surface area contributed by atoms with Gasteiger partial charge in [-0.05, 0) is 38.5 Å². The standard InChI is InChI=1S/C45H88O15P2/c1-3-5-7-9-11-13-15-17-18-19-20-22-24-26-28-30-32-34-45(50)56-36-42(47)38-58-62(53,54)60-40-43(48)39-59-61(51,52)57-37-41(46)35-55-44(49)33-31-29-27-25-23-21-16-14-12-10-8-6-4-2/h17-18,41-43,46-48H,3-16,19-40H2,1-2H3,(H,51,52)(H,53,54)/b18-17+. The maximum Gasteiger partial charge on any atom is 0.472 e. The van der Waals surface area contributed by atoms with Gasteiger partial charge in [-0.15, -0.1) is 0 Å². The van der Waals surface area contributed by atoms with Crippen molar-refractivity contribution in [2.75, 3.05) is 39.6 Å². The fraction of sp³-hybridized carbons (Fsp3) is 0.911. The Morgan fingerprint density at radius 3 is 0.935 bits per heavy atom. The lowest BCUT2D eigenvalue weighted by molar-refractivity contribution is -0.148. The maximum atomic E-state index is 12.1. The summed E-state index contributed by atoms with van der Waals surface area (Å²) in [5.74, 6) is -0.992.